The average molecular weight is 287 g/mol. The predicted molar refractivity (Wildman–Crippen MR) is 80.3 cm³/mol. The molecule has 4 rings (SSSR count). The molecule has 3 aliphatic rings. The highest BCUT2D eigenvalue weighted by Crippen LogP contribution is 2.44. The molecule has 1 aromatic rings. The molecule has 1 aromatic carbocycles. The van der Waals surface area contributed by atoms with Crippen LogP contribution in [-0.2, 0) is 11.2 Å². The summed E-state index contributed by atoms with van der Waals surface area (Å²) in [6.07, 6.45) is 2.81. The fourth-order valence-corrected chi connectivity index (χ4v) is 3.82. The van der Waals surface area contributed by atoms with Gasteiger partial charge in [0, 0.05) is 24.2 Å². The molecule has 2 atom stereocenters. The van der Waals surface area contributed by atoms with Crippen molar-refractivity contribution in [2.75, 3.05) is 18.5 Å². The summed E-state index contributed by atoms with van der Waals surface area (Å²) in [6.45, 7) is 1.49. The summed E-state index contributed by atoms with van der Waals surface area (Å²) in [5, 5.41) is 6.35. The molecule has 0 spiro atoms. The second-order valence-electron chi connectivity index (χ2n) is 6.54. The number of hydrogen-bond donors (Lipinski definition) is 3. The molecule has 21 heavy (non-hydrogen) atoms. The Bertz CT molecular complexity index is 569. The summed E-state index contributed by atoms with van der Waals surface area (Å²) in [5.41, 5.74) is 9.89. The Morgan fingerprint density at radius 1 is 1.33 bits per heavy atom. The molecule has 112 valence electrons. The molecule has 2 aliphatic heterocycles. The highest BCUT2D eigenvalue weighted by molar-refractivity contribution is 5.69. The monoisotopic (exact) mass is 287 g/mol. The zero-order valence-electron chi connectivity index (χ0n) is 12.0. The first-order chi connectivity index (χ1) is 10.2. The molecule has 1 saturated carbocycles. The SMILES string of the molecule is NC1CC(C2CNc3ccc(CC4COC(=O)N4)cc32)C1. The Labute approximate surface area is 124 Å². The number of carbonyl (C=O) groups is 1. The summed E-state index contributed by atoms with van der Waals surface area (Å²) < 4.78 is 4.95. The number of ether oxygens (including phenoxy) is 1. The molecule has 0 radical (unpaired) electrons. The lowest BCUT2D eigenvalue weighted by Crippen LogP contribution is -2.39. The van der Waals surface area contributed by atoms with E-state index in [0.29, 0.717) is 18.6 Å². The summed E-state index contributed by atoms with van der Waals surface area (Å²) in [4.78, 5) is 11.1. The molecule has 2 unspecified atom stereocenters. The van der Waals surface area contributed by atoms with Gasteiger partial charge in [-0.15, -0.1) is 0 Å². The molecular formula is C16H21N3O2. The van der Waals surface area contributed by atoms with Crippen LogP contribution in [0, 0.1) is 5.92 Å². The number of carbonyl (C=O) groups excluding carboxylic acids is 1. The van der Waals surface area contributed by atoms with Crippen molar-refractivity contribution in [3.8, 4) is 0 Å². The highest BCUT2D eigenvalue weighted by Gasteiger charge is 2.37. The van der Waals surface area contributed by atoms with Crippen LogP contribution < -0.4 is 16.4 Å². The van der Waals surface area contributed by atoms with E-state index in [1.807, 2.05) is 0 Å². The van der Waals surface area contributed by atoms with Crippen LogP contribution >= 0.6 is 0 Å². The van der Waals surface area contributed by atoms with Gasteiger partial charge in [-0.25, -0.2) is 4.79 Å². The Kier molecular flexibility index (Phi) is 3.03. The van der Waals surface area contributed by atoms with Crippen LogP contribution in [0.15, 0.2) is 18.2 Å². The van der Waals surface area contributed by atoms with Crippen LogP contribution in [-0.4, -0.2) is 31.3 Å². The minimum atomic E-state index is -0.302. The fourth-order valence-electron chi connectivity index (χ4n) is 3.82. The number of benzene rings is 1. The molecule has 5 heteroatoms. The average Bonchev–Trinajstić information content (AvgIpc) is 3.01. The molecule has 0 bridgehead atoms. The van der Waals surface area contributed by atoms with E-state index in [2.05, 4.69) is 28.8 Å². The predicted octanol–water partition coefficient (Wildman–Crippen LogP) is 1.58. The van der Waals surface area contributed by atoms with Crippen molar-refractivity contribution in [3.63, 3.8) is 0 Å². The van der Waals surface area contributed by atoms with Gasteiger partial charge in [0.25, 0.3) is 0 Å². The molecular weight excluding hydrogens is 266 g/mol. The number of cyclic esters (lactones) is 1. The molecule has 5 nitrogen and oxygen atoms in total. The third kappa shape index (κ3) is 2.35. The Morgan fingerprint density at radius 2 is 2.19 bits per heavy atom. The van der Waals surface area contributed by atoms with E-state index in [4.69, 9.17) is 10.5 Å². The van der Waals surface area contributed by atoms with Crippen LogP contribution in [0.3, 0.4) is 0 Å². The van der Waals surface area contributed by atoms with Gasteiger partial charge in [0.15, 0.2) is 0 Å². The van der Waals surface area contributed by atoms with Crippen molar-refractivity contribution < 1.29 is 9.53 Å². The van der Waals surface area contributed by atoms with Gasteiger partial charge in [-0.05, 0) is 42.4 Å². The van der Waals surface area contributed by atoms with Crippen LogP contribution in [0.25, 0.3) is 0 Å². The first-order valence-corrected chi connectivity index (χ1v) is 7.74. The molecule has 0 aromatic heterocycles. The quantitative estimate of drug-likeness (QED) is 0.789. The van der Waals surface area contributed by atoms with Gasteiger partial charge in [-0.3, -0.25) is 0 Å². The number of fused-ring (bicyclic) bond motifs is 1. The number of nitrogens with two attached hydrogens (primary N) is 1. The normalized spacial score (nSPS) is 33.7. The molecule has 1 saturated heterocycles. The lowest BCUT2D eigenvalue weighted by atomic mass is 9.71. The van der Waals surface area contributed by atoms with E-state index < -0.39 is 0 Å². The third-order valence-electron chi connectivity index (χ3n) is 5.03. The van der Waals surface area contributed by atoms with Crippen LogP contribution in [0.1, 0.15) is 29.9 Å². The molecule has 1 amide bonds. The maximum absolute atomic E-state index is 11.1. The number of amides is 1. The van der Waals surface area contributed by atoms with Crippen molar-refractivity contribution in [2.24, 2.45) is 11.7 Å². The van der Waals surface area contributed by atoms with Gasteiger partial charge < -0.3 is 21.1 Å². The maximum atomic E-state index is 11.1. The summed E-state index contributed by atoms with van der Waals surface area (Å²) >= 11 is 0. The molecule has 4 N–H and O–H groups in total. The Balaban J connectivity index is 1.50. The summed E-state index contributed by atoms with van der Waals surface area (Å²) in [6, 6.07) is 7.11. The van der Waals surface area contributed by atoms with Gasteiger partial charge in [-0.1, -0.05) is 12.1 Å². The van der Waals surface area contributed by atoms with Crippen molar-refractivity contribution in [2.45, 2.75) is 37.3 Å². The van der Waals surface area contributed by atoms with E-state index in [1.54, 1.807) is 0 Å². The number of alkyl carbamates (subject to hydrolysis) is 1. The second kappa shape index (κ2) is 4.91. The highest BCUT2D eigenvalue weighted by atomic mass is 16.6. The first-order valence-electron chi connectivity index (χ1n) is 7.74. The van der Waals surface area contributed by atoms with Gasteiger partial charge in [-0.2, -0.15) is 0 Å². The second-order valence-corrected chi connectivity index (χ2v) is 6.54. The van der Waals surface area contributed by atoms with E-state index in [0.717, 1.165) is 31.7 Å². The lowest BCUT2D eigenvalue weighted by molar-refractivity contribution is 0.177. The van der Waals surface area contributed by atoms with Gasteiger partial charge in [0.2, 0.25) is 0 Å². The Morgan fingerprint density at radius 3 is 2.90 bits per heavy atom. The van der Waals surface area contributed by atoms with E-state index >= 15 is 0 Å². The number of nitrogens with one attached hydrogen (secondary N) is 2. The first kappa shape index (κ1) is 13.0. The number of anilines is 1. The largest absolute Gasteiger partial charge is 0.447 e. The lowest BCUT2D eigenvalue weighted by Gasteiger charge is -2.37. The van der Waals surface area contributed by atoms with Crippen molar-refractivity contribution in [3.05, 3.63) is 29.3 Å². The minimum Gasteiger partial charge on any atom is -0.447 e. The van der Waals surface area contributed by atoms with Gasteiger partial charge in [0.1, 0.15) is 6.61 Å². The molecule has 1 aliphatic carbocycles. The van der Waals surface area contributed by atoms with Crippen LogP contribution in [0.2, 0.25) is 0 Å². The van der Waals surface area contributed by atoms with Crippen LogP contribution in [0.5, 0.6) is 0 Å². The summed E-state index contributed by atoms with van der Waals surface area (Å²) in [5.74, 6) is 1.31. The van der Waals surface area contributed by atoms with Crippen molar-refractivity contribution >= 4 is 11.8 Å². The van der Waals surface area contributed by atoms with E-state index in [1.165, 1.54) is 16.8 Å². The zero-order chi connectivity index (χ0) is 14.4. The number of hydrogen-bond acceptors (Lipinski definition) is 4. The minimum absolute atomic E-state index is 0.0977. The smallest absolute Gasteiger partial charge is 0.407 e. The van der Waals surface area contributed by atoms with Crippen LogP contribution in [0.4, 0.5) is 10.5 Å². The van der Waals surface area contributed by atoms with Gasteiger partial charge >= 0.3 is 6.09 Å². The van der Waals surface area contributed by atoms with Crippen molar-refractivity contribution in [1.82, 2.24) is 5.32 Å². The van der Waals surface area contributed by atoms with E-state index in [9.17, 15) is 4.79 Å². The number of rotatable bonds is 3. The third-order valence-corrected chi connectivity index (χ3v) is 5.03. The Hall–Kier alpha value is -1.75. The molecule has 2 fully saturated rings. The topological polar surface area (TPSA) is 76.4 Å². The zero-order valence-corrected chi connectivity index (χ0v) is 12.0. The van der Waals surface area contributed by atoms with Gasteiger partial charge in [0.05, 0.1) is 6.04 Å². The molecule has 2 heterocycles. The van der Waals surface area contributed by atoms with Crippen molar-refractivity contribution in [1.29, 1.82) is 0 Å². The summed E-state index contributed by atoms with van der Waals surface area (Å²) in [7, 11) is 0. The standard InChI is InChI=1S/C16H21N3O2/c17-11-5-10(6-11)14-7-18-15-2-1-9(4-13(14)15)3-12-8-21-16(20)19-12/h1-2,4,10-12,14,18H,3,5-8,17H2,(H,19,20). The maximum Gasteiger partial charge on any atom is 0.407 e. The fraction of sp³-hybridized carbons (Fsp3) is 0.562. The van der Waals surface area contributed by atoms with E-state index in [-0.39, 0.29) is 12.1 Å².